The van der Waals surface area contributed by atoms with Crippen LogP contribution in [0.2, 0.25) is 0 Å². The first kappa shape index (κ1) is 15.6. The Kier molecular flexibility index (Phi) is 3.87. The van der Waals surface area contributed by atoms with Gasteiger partial charge in [0.05, 0.1) is 17.1 Å². The van der Waals surface area contributed by atoms with E-state index in [2.05, 4.69) is 0 Å². The molecule has 0 aromatic heterocycles. The molecule has 1 heterocycles. The minimum atomic E-state index is -4.65. The van der Waals surface area contributed by atoms with Crippen molar-refractivity contribution >= 4 is 21.4 Å². The van der Waals surface area contributed by atoms with Crippen LogP contribution in [-0.4, -0.2) is 43.8 Å². The number of sulfone groups is 1. The van der Waals surface area contributed by atoms with Crippen LogP contribution in [-0.2, 0) is 16.0 Å². The van der Waals surface area contributed by atoms with Gasteiger partial charge >= 0.3 is 6.18 Å². The maximum absolute atomic E-state index is 12.8. The van der Waals surface area contributed by atoms with Crippen molar-refractivity contribution in [3.8, 4) is 0 Å². The number of hydrogen-bond acceptors (Lipinski definition) is 4. The van der Waals surface area contributed by atoms with Crippen LogP contribution in [0.4, 0.5) is 18.9 Å². The number of nitrogens with zero attached hydrogens (tertiary/aromatic N) is 1. The third-order valence-corrected chi connectivity index (χ3v) is 4.85. The second-order valence-electron chi connectivity index (χ2n) is 4.74. The van der Waals surface area contributed by atoms with Gasteiger partial charge in [0.1, 0.15) is 0 Å². The molecule has 1 amide bonds. The van der Waals surface area contributed by atoms with Gasteiger partial charge in [0.2, 0.25) is 0 Å². The number of benzene rings is 1. The monoisotopic (exact) mass is 322 g/mol. The molecule has 0 bridgehead atoms. The van der Waals surface area contributed by atoms with E-state index in [1.54, 1.807) is 0 Å². The molecular weight excluding hydrogens is 309 g/mol. The molecule has 1 fully saturated rings. The molecule has 0 radical (unpaired) electrons. The highest BCUT2D eigenvalue weighted by molar-refractivity contribution is 7.91. The van der Waals surface area contributed by atoms with Crippen molar-refractivity contribution in [2.45, 2.75) is 6.18 Å². The highest BCUT2D eigenvalue weighted by Gasteiger charge is 2.34. The largest absolute Gasteiger partial charge is 0.418 e. The van der Waals surface area contributed by atoms with E-state index >= 15 is 0 Å². The number of halogens is 3. The number of alkyl halides is 3. The number of nitrogens with two attached hydrogens (primary N) is 1. The summed E-state index contributed by atoms with van der Waals surface area (Å²) in [6.45, 7) is -0.0419. The first-order valence-corrected chi connectivity index (χ1v) is 7.89. The molecule has 1 aliphatic rings. The van der Waals surface area contributed by atoms with Gasteiger partial charge in [0.15, 0.2) is 9.84 Å². The maximum atomic E-state index is 12.8. The molecule has 0 atom stereocenters. The zero-order chi connectivity index (χ0) is 15.8. The maximum Gasteiger partial charge on any atom is 0.418 e. The summed E-state index contributed by atoms with van der Waals surface area (Å²) in [6, 6.07) is 2.92. The minimum absolute atomic E-state index is 0.0209. The summed E-state index contributed by atoms with van der Waals surface area (Å²) < 4.78 is 60.8. The SMILES string of the molecule is Nc1ccc(C(=O)N2CCS(=O)(=O)CC2)cc1C(F)(F)F. The number of carbonyl (C=O) groups is 1. The average Bonchev–Trinajstić information content (AvgIpc) is 2.37. The van der Waals surface area contributed by atoms with Gasteiger partial charge in [-0.05, 0) is 18.2 Å². The summed E-state index contributed by atoms with van der Waals surface area (Å²) in [7, 11) is -3.16. The van der Waals surface area contributed by atoms with Gasteiger partial charge in [0.25, 0.3) is 5.91 Å². The van der Waals surface area contributed by atoms with Crippen LogP contribution in [0.25, 0.3) is 0 Å². The van der Waals surface area contributed by atoms with E-state index in [0.29, 0.717) is 6.07 Å². The van der Waals surface area contributed by atoms with Gasteiger partial charge in [0, 0.05) is 24.3 Å². The number of amides is 1. The highest BCUT2D eigenvalue weighted by Crippen LogP contribution is 2.34. The highest BCUT2D eigenvalue weighted by atomic mass is 32.2. The summed E-state index contributed by atoms with van der Waals surface area (Å²) in [5, 5.41) is 0. The molecule has 0 unspecified atom stereocenters. The number of carbonyl (C=O) groups excluding carboxylic acids is 1. The molecule has 1 aliphatic heterocycles. The van der Waals surface area contributed by atoms with Crippen molar-refractivity contribution in [3.63, 3.8) is 0 Å². The van der Waals surface area contributed by atoms with Gasteiger partial charge in [-0.2, -0.15) is 13.2 Å². The predicted octanol–water partition coefficient (Wildman–Crippen LogP) is 1.16. The Labute approximate surface area is 119 Å². The lowest BCUT2D eigenvalue weighted by Gasteiger charge is -2.27. The van der Waals surface area contributed by atoms with E-state index in [9.17, 15) is 26.4 Å². The molecule has 0 saturated carbocycles. The lowest BCUT2D eigenvalue weighted by atomic mass is 10.1. The molecule has 9 heteroatoms. The third-order valence-electron chi connectivity index (χ3n) is 3.24. The molecule has 2 rings (SSSR count). The quantitative estimate of drug-likeness (QED) is 0.787. The summed E-state index contributed by atoms with van der Waals surface area (Å²) in [5.74, 6) is -0.991. The fraction of sp³-hybridized carbons (Fsp3) is 0.417. The molecular formula is C12H13F3N2O3S. The van der Waals surface area contributed by atoms with Crippen molar-refractivity contribution in [1.82, 2.24) is 4.90 Å². The number of anilines is 1. The van der Waals surface area contributed by atoms with Crippen LogP contribution in [0.5, 0.6) is 0 Å². The van der Waals surface area contributed by atoms with E-state index in [1.807, 2.05) is 0 Å². The van der Waals surface area contributed by atoms with E-state index < -0.39 is 33.2 Å². The summed E-state index contributed by atoms with van der Waals surface area (Å²) in [5.41, 5.74) is 3.58. The zero-order valence-corrected chi connectivity index (χ0v) is 11.7. The Bertz CT molecular complexity index is 657. The van der Waals surface area contributed by atoms with Crippen LogP contribution in [0.1, 0.15) is 15.9 Å². The van der Waals surface area contributed by atoms with E-state index in [0.717, 1.165) is 6.07 Å². The van der Waals surface area contributed by atoms with E-state index in [4.69, 9.17) is 5.73 Å². The molecule has 1 aromatic carbocycles. The Morgan fingerprint density at radius 3 is 2.29 bits per heavy atom. The number of rotatable bonds is 1. The predicted molar refractivity (Wildman–Crippen MR) is 70.4 cm³/mol. The fourth-order valence-electron chi connectivity index (χ4n) is 2.03. The van der Waals surface area contributed by atoms with Crippen LogP contribution in [0, 0.1) is 0 Å². The second-order valence-corrected chi connectivity index (χ2v) is 7.05. The third kappa shape index (κ3) is 3.46. The molecule has 0 spiro atoms. The molecule has 1 aromatic rings. The number of hydrogen-bond donors (Lipinski definition) is 1. The first-order valence-electron chi connectivity index (χ1n) is 6.06. The summed E-state index contributed by atoms with van der Waals surface area (Å²) in [6.07, 6.45) is -4.65. The normalized spacial score (nSPS) is 18.5. The van der Waals surface area contributed by atoms with E-state index in [-0.39, 0.29) is 30.2 Å². The molecule has 21 heavy (non-hydrogen) atoms. The smallest absolute Gasteiger partial charge is 0.398 e. The van der Waals surface area contributed by atoms with Crippen molar-refractivity contribution in [3.05, 3.63) is 29.3 Å². The molecule has 5 nitrogen and oxygen atoms in total. The van der Waals surface area contributed by atoms with Crippen LogP contribution in [0.15, 0.2) is 18.2 Å². The average molecular weight is 322 g/mol. The summed E-state index contributed by atoms with van der Waals surface area (Å²) >= 11 is 0. The van der Waals surface area contributed by atoms with Gasteiger partial charge in [-0.25, -0.2) is 8.42 Å². The van der Waals surface area contributed by atoms with Gasteiger partial charge in [-0.1, -0.05) is 0 Å². The Balaban J connectivity index is 2.25. The molecule has 1 saturated heterocycles. The topological polar surface area (TPSA) is 80.5 Å². The second kappa shape index (κ2) is 5.21. The first-order chi connectivity index (χ1) is 9.60. The van der Waals surface area contributed by atoms with Gasteiger partial charge < -0.3 is 10.6 Å². The Morgan fingerprint density at radius 2 is 1.76 bits per heavy atom. The standard InChI is InChI=1S/C12H13F3N2O3S/c13-12(14,15)9-7-8(1-2-10(9)16)11(18)17-3-5-21(19,20)6-4-17/h1-2,7H,3-6,16H2. The fourth-order valence-corrected chi connectivity index (χ4v) is 3.23. The van der Waals surface area contributed by atoms with Crippen molar-refractivity contribution in [1.29, 1.82) is 0 Å². The van der Waals surface area contributed by atoms with Gasteiger partial charge in [-0.15, -0.1) is 0 Å². The Morgan fingerprint density at radius 1 is 1.19 bits per heavy atom. The van der Waals surface area contributed by atoms with Crippen molar-refractivity contribution < 1.29 is 26.4 Å². The molecule has 2 N–H and O–H groups in total. The van der Waals surface area contributed by atoms with Crippen LogP contribution < -0.4 is 5.73 Å². The lowest BCUT2D eigenvalue weighted by molar-refractivity contribution is -0.136. The van der Waals surface area contributed by atoms with Crippen molar-refractivity contribution in [2.24, 2.45) is 0 Å². The number of nitrogen functional groups attached to an aromatic ring is 1. The van der Waals surface area contributed by atoms with Gasteiger partial charge in [-0.3, -0.25) is 4.79 Å². The molecule has 116 valence electrons. The van der Waals surface area contributed by atoms with Crippen LogP contribution >= 0.6 is 0 Å². The Hall–Kier alpha value is -1.77. The zero-order valence-electron chi connectivity index (χ0n) is 10.9. The summed E-state index contributed by atoms with van der Waals surface area (Å²) in [4.78, 5) is 13.4. The van der Waals surface area contributed by atoms with Crippen LogP contribution in [0.3, 0.4) is 0 Å². The minimum Gasteiger partial charge on any atom is -0.398 e. The van der Waals surface area contributed by atoms with Crippen molar-refractivity contribution in [2.75, 3.05) is 30.3 Å². The van der Waals surface area contributed by atoms with E-state index in [1.165, 1.54) is 11.0 Å². The molecule has 0 aliphatic carbocycles. The lowest BCUT2D eigenvalue weighted by Crippen LogP contribution is -2.43.